The van der Waals surface area contributed by atoms with Gasteiger partial charge >= 0.3 is 7.82 Å². The summed E-state index contributed by atoms with van der Waals surface area (Å²) in [7, 11) is -4.46. The minimum absolute atomic E-state index is 0.393. The summed E-state index contributed by atoms with van der Waals surface area (Å²) in [6.45, 7) is 11.4. The Balaban J connectivity index is 5.39. The Kier molecular flexibility index (Phi) is 11.6. The molecule has 0 rings (SSSR count). The van der Waals surface area contributed by atoms with Crippen molar-refractivity contribution in [2.24, 2.45) is 0 Å². The Morgan fingerprint density at radius 3 is 1.55 bits per heavy atom. The number of phosphoric acid groups is 1. The molecule has 0 saturated heterocycles. The van der Waals surface area contributed by atoms with Gasteiger partial charge in [-0.05, 0) is 25.7 Å². The van der Waals surface area contributed by atoms with Crippen molar-refractivity contribution in [1.29, 1.82) is 0 Å². The molecular formula is C16H37NO4P+. The summed E-state index contributed by atoms with van der Waals surface area (Å²) in [5, 5.41) is 0. The van der Waals surface area contributed by atoms with Gasteiger partial charge < -0.3 is 9.79 Å². The zero-order chi connectivity index (χ0) is 17.1. The Labute approximate surface area is 136 Å². The van der Waals surface area contributed by atoms with Gasteiger partial charge in [0, 0.05) is 6.42 Å². The predicted octanol–water partition coefficient (Wildman–Crippen LogP) is 4.44. The number of hydrogen-bond donors (Lipinski definition) is 2. The fourth-order valence-electron chi connectivity index (χ4n) is 3.02. The summed E-state index contributed by atoms with van der Waals surface area (Å²) in [6.07, 6.45) is 7.65. The normalized spacial score (nSPS) is 14.3. The van der Waals surface area contributed by atoms with E-state index in [2.05, 4.69) is 20.8 Å². The van der Waals surface area contributed by atoms with Crippen LogP contribution in [0.15, 0.2) is 0 Å². The highest BCUT2D eigenvalue weighted by molar-refractivity contribution is 7.46. The summed E-state index contributed by atoms with van der Waals surface area (Å²) in [4.78, 5) is 18.7. The second-order valence-corrected chi connectivity index (χ2v) is 7.48. The van der Waals surface area contributed by atoms with E-state index in [0.29, 0.717) is 10.9 Å². The monoisotopic (exact) mass is 338 g/mol. The van der Waals surface area contributed by atoms with Gasteiger partial charge in [-0.25, -0.2) is 9.09 Å². The van der Waals surface area contributed by atoms with E-state index >= 15 is 0 Å². The molecule has 1 unspecified atom stereocenters. The van der Waals surface area contributed by atoms with E-state index in [-0.39, 0.29) is 0 Å². The molecule has 22 heavy (non-hydrogen) atoms. The van der Waals surface area contributed by atoms with Gasteiger partial charge in [0.05, 0.1) is 19.6 Å². The molecule has 0 aliphatic carbocycles. The van der Waals surface area contributed by atoms with Crippen LogP contribution in [0.4, 0.5) is 0 Å². The lowest BCUT2D eigenvalue weighted by Crippen LogP contribution is -2.57. The first kappa shape index (κ1) is 22.1. The van der Waals surface area contributed by atoms with Gasteiger partial charge in [0.1, 0.15) is 0 Å². The summed E-state index contributed by atoms with van der Waals surface area (Å²) >= 11 is 0. The number of quaternary nitrogens is 1. The molecule has 1 atom stereocenters. The largest absolute Gasteiger partial charge is 0.474 e. The first-order valence-corrected chi connectivity index (χ1v) is 10.5. The highest BCUT2D eigenvalue weighted by Crippen LogP contribution is 2.41. The number of rotatable bonds is 14. The average molecular weight is 338 g/mol. The van der Waals surface area contributed by atoms with Crippen LogP contribution in [0.1, 0.15) is 79.1 Å². The molecule has 134 valence electrons. The van der Waals surface area contributed by atoms with E-state index in [0.717, 1.165) is 64.6 Å². The van der Waals surface area contributed by atoms with Crippen LogP contribution in [-0.4, -0.2) is 40.1 Å². The van der Waals surface area contributed by atoms with Crippen LogP contribution < -0.4 is 0 Å². The van der Waals surface area contributed by atoms with Crippen LogP contribution in [0, 0.1) is 0 Å². The molecule has 0 saturated carbocycles. The predicted molar refractivity (Wildman–Crippen MR) is 91.4 cm³/mol. The van der Waals surface area contributed by atoms with Gasteiger partial charge in [0.2, 0.25) is 6.23 Å². The topological polar surface area (TPSA) is 66.8 Å². The summed E-state index contributed by atoms with van der Waals surface area (Å²) in [6, 6.07) is 0. The van der Waals surface area contributed by atoms with Gasteiger partial charge in [-0.3, -0.25) is 4.48 Å². The molecule has 0 spiro atoms. The van der Waals surface area contributed by atoms with Crippen LogP contribution in [0.5, 0.6) is 0 Å². The van der Waals surface area contributed by atoms with Crippen LogP contribution >= 0.6 is 7.82 Å². The maximum absolute atomic E-state index is 11.4. The van der Waals surface area contributed by atoms with Crippen molar-refractivity contribution >= 4 is 7.82 Å². The Morgan fingerprint density at radius 1 is 0.864 bits per heavy atom. The second kappa shape index (κ2) is 11.6. The molecule has 6 heteroatoms. The van der Waals surface area contributed by atoms with Crippen LogP contribution in [-0.2, 0) is 9.09 Å². The first-order chi connectivity index (χ1) is 10.3. The third-order valence-electron chi connectivity index (χ3n) is 4.28. The number of nitrogens with zero attached hydrogens (tertiary/aromatic N) is 1. The van der Waals surface area contributed by atoms with E-state index in [1.54, 1.807) is 0 Å². The molecule has 0 radical (unpaired) electrons. The lowest BCUT2D eigenvalue weighted by molar-refractivity contribution is -0.969. The molecule has 0 amide bonds. The van der Waals surface area contributed by atoms with Crippen molar-refractivity contribution in [1.82, 2.24) is 0 Å². The minimum atomic E-state index is -4.46. The molecule has 0 aromatic heterocycles. The van der Waals surface area contributed by atoms with Gasteiger partial charge in [-0.2, -0.15) is 0 Å². The molecule has 0 aromatic rings. The Bertz CT molecular complexity index is 297. The quantitative estimate of drug-likeness (QED) is 0.279. The van der Waals surface area contributed by atoms with Crippen molar-refractivity contribution in [2.75, 3.05) is 19.6 Å². The highest BCUT2D eigenvalue weighted by atomic mass is 31.2. The molecule has 0 heterocycles. The molecule has 0 aliphatic heterocycles. The summed E-state index contributed by atoms with van der Waals surface area (Å²) in [5.74, 6) is 0. The van der Waals surface area contributed by atoms with Gasteiger partial charge in [0.15, 0.2) is 0 Å². The fourth-order valence-corrected chi connectivity index (χ4v) is 3.64. The van der Waals surface area contributed by atoms with E-state index in [9.17, 15) is 14.4 Å². The maximum Gasteiger partial charge on any atom is 0.474 e. The molecule has 5 nitrogen and oxygen atoms in total. The molecule has 2 N–H and O–H groups in total. The van der Waals surface area contributed by atoms with Crippen molar-refractivity contribution < 1.29 is 23.4 Å². The second-order valence-electron chi connectivity index (χ2n) is 6.29. The molecular weight excluding hydrogens is 301 g/mol. The molecule has 0 bridgehead atoms. The highest BCUT2D eigenvalue weighted by Gasteiger charge is 2.39. The van der Waals surface area contributed by atoms with E-state index < -0.39 is 14.1 Å². The van der Waals surface area contributed by atoms with Crippen molar-refractivity contribution in [2.45, 2.75) is 85.3 Å². The van der Waals surface area contributed by atoms with Gasteiger partial charge in [-0.1, -0.05) is 47.0 Å². The fraction of sp³-hybridized carbons (Fsp3) is 1.00. The zero-order valence-corrected chi connectivity index (χ0v) is 15.9. The molecule has 0 aliphatic rings. The maximum atomic E-state index is 11.4. The SMILES string of the molecule is CCCC[N+](CCCC)(CCCC)C(CCC)OP(=O)(O)O. The smallest absolute Gasteiger partial charge is 0.303 e. The van der Waals surface area contributed by atoms with E-state index in [1.807, 2.05) is 6.92 Å². The Hall–Kier alpha value is 0.0700. The van der Waals surface area contributed by atoms with Crippen molar-refractivity contribution in [3.63, 3.8) is 0 Å². The third-order valence-corrected chi connectivity index (χ3v) is 4.79. The number of hydrogen-bond acceptors (Lipinski definition) is 2. The van der Waals surface area contributed by atoms with Crippen molar-refractivity contribution in [3.8, 4) is 0 Å². The average Bonchev–Trinajstić information content (AvgIpc) is 2.45. The zero-order valence-electron chi connectivity index (χ0n) is 15.0. The summed E-state index contributed by atoms with van der Waals surface area (Å²) < 4.78 is 17.4. The lowest BCUT2D eigenvalue weighted by atomic mass is 10.1. The standard InChI is InChI=1S/C16H36NO4P/c1-5-9-13-17(14-10-6-2,15-11-7-3)16(12-8-4)21-22(18,19)20/h16H,5-15H2,1-4H3,(H-,18,19,20)/p+1. The summed E-state index contributed by atoms with van der Waals surface area (Å²) in [5.41, 5.74) is 0. The van der Waals surface area contributed by atoms with Gasteiger partial charge in [-0.15, -0.1) is 0 Å². The van der Waals surface area contributed by atoms with E-state index in [4.69, 9.17) is 4.52 Å². The molecule has 0 fully saturated rings. The number of phosphoric ester groups is 1. The van der Waals surface area contributed by atoms with Crippen molar-refractivity contribution in [3.05, 3.63) is 0 Å². The van der Waals surface area contributed by atoms with Gasteiger partial charge in [0.25, 0.3) is 0 Å². The van der Waals surface area contributed by atoms with E-state index in [1.165, 1.54) is 0 Å². The Morgan fingerprint density at radius 2 is 1.27 bits per heavy atom. The third kappa shape index (κ3) is 8.64. The molecule has 0 aromatic carbocycles. The van der Waals surface area contributed by atoms with Crippen LogP contribution in [0.3, 0.4) is 0 Å². The number of unbranched alkanes of at least 4 members (excludes halogenated alkanes) is 3. The first-order valence-electron chi connectivity index (χ1n) is 8.94. The van der Waals surface area contributed by atoms with Crippen LogP contribution in [0.2, 0.25) is 0 Å². The lowest BCUT2D eigenvalue weighted by Gasteiger charge is -2.44. The minimum Gasteiger partial charge on any atom is -0.303 e. The van der Waals surface area contributed by atoms with Crippen LogP contribution in [0.25, 0.3) is 0 Å².